The second kappa shape index (κ2) is 7.32. The van der Waals surface area contributed by atoms with Gasteiger partial charge in [-0.3, -0.25) is 4.79 Å². The lowest BCUT2D eigenvalue weighted by atomic mass is 10.0. The summed E-state index contributed by atoms with van der Waals surface area (Å²) < 4.78 is 0. The molecule has 23 heavy (non-hydrogen) atoms. The third kappa shape index (κ3) is 3.92. The average Bonchev–Trinajstić information content (AvgIpc) is 2.60. The first-order valence-corrected chi connectivity index (χ1v) is 8.48. The van der Waals surface area contributed by atoms with E-state index in [1.54, 1.807) is 0 Å². The Labute approximate surface area is 138 Å². The average molecular weight is 308 g/mol. The van der Waals surface area contributed by atoms with E-state index in [-0.39, 0.29) is 5.91 Å². The number of hydrogen-bond acceptors (Lipinski definition) is 2. The van der Waals surface area contributed by atoms with Gasteiger partial charge in [-0.05, 0) is 48.6 Å². The Morgan fingerprint density at radius 3 is 2.70 bits per heavy atom. The Balaban J connectivity index is 1.55. The maximum absolute atomic E-state index is 12.2. The number of nitrogens with zero attached hydrogens (tertiary/aromatic N) is 1. The number of nitrogens with one attached hydrogen (secondary N) is 1. The Kier molecular flexibility index (Phi) is 4.96. The first-order chi connectivity index (χ1) is 11.3. The summed E-state index contributed by atoms with van der Waals surface area (Å²) >= 11 is 0. The largest absolute Gasteiger partial charge is 0.371 e. The predicted molar refractivity (Wildman–Crippen MR) is 96.0 cm³/mol. The molecule has 0 saturated heterocycles. The molecule has 0 bridgehead atoms. The van der Waals surface area contributed by atoms with Crippen molar-refractivity contribution < 1.29 is 4.79 Å². The zero-order valence-corrected chi connectivity index (χ0v) is 13.7. The van der Waals surface area contributed by atoms with E-state index in [0.717, 1.165) is 38.0 Å². The molecule has 3 rings (SSSR count). The lowest BCUT2D eigenvalue weighted by molar-refractivity contribution is -0.116. The third-order valence-electron chi connectivity index (χ3n) is 4.46. The van der Waals surface area contributed by atoms with Gasteiger partial charge in [0.15, 0.2) is 0 Å². The van der Waals surface area contributed by atoms with Crippen LogP contribution in [0.15, 0.2) is 48.5 Å². The van der Waals surface area contributed by atoms with Crippen LogP contribution < -0.4 is 10.2 Å². The van der Waals surface area contributed by atoms with Crippen LogP contribution in [0.3, 0.4) is 0 Å². The van der Waals surface area contributed by atoms with Crippen LogP contribution in [-0.4, -0.2) is 19.0 Å². The lowest BCUT2D eigenvalue weighted by Gasteiger charge is -2.31. The van der Waals surface area contributed by atoms with Gasteiger partial charge in [0.05, 0.1) is 0 Å². The molecule has 0 unspecified atom stereocenters. The van der Waals surface area contributed by atoms with Crippen LogP contribution in [0.1, 0.15) is 30.9 Å². The minimum absolute atomic E-state index is 0.0808. The topological polar surface area (TPSA) is 32.3 Å². The van der Waals surface area contributed by atoms with E-state index in [1.165, 1.54) is 16.8 Å². The monoisotopic (exact) mass is 308 g/mol. The number of fused-ring (bicyclic) bond motifs is 1. The summed E-state index contributed by atoms with van der Waals surface area (Å²) in [6.07, 6.45) is 3.84. The molecular formula is C20H24N2O. The molecule has 0 saturated carbocycles. The zero-order chi connectivity index (χ0) is 16.1. The van der Waals surface area contributed by atoms with Gasteiger partial charge in [0, 0.05) is 30.9 Å². The van der Waals surface area contributed by atoms with Crippen LogP contribution in [0.25, 0.3) is 0 Å². The van der Waals surface area contributed by atoms with Gasteiger partial charge in [-0.1, -0.05) is 37.3 Å². The van der Waals surface area contributed by atoms with E-state index in [1.807, 2.05) is 12.1 Å². The standard InChI is InChI=1S/C20H24N2O/c1-2-16-9-11-18(12-10-16)21-20(23)13-15-22-14-5-7-17-6-3-4-8-19(17)22/h3-4,6,8-12H,2,5,7,13-15H2,1H3,(H,21,23). The number of carbonyl (C=O) groups is 1. The van der Waals surface area contributed by atoms with Crippen LogP contribution >= 0.6 is 0 Å². The van der Waals surface area contributed by atoms with E-state index < -0.39 is 0 Å². The highest BCUT2D eigenvalue weighted by molar-refractivity contribution is 5.91. The minimum Gasteiger partial charge on any atom is -0.371 e. The number of aryl methyl sites for hydroxylation is 2. The maximum atomic E-state index is 12.2. The number of benzene rings is 2. The number of rotatable bonds is 5. The first kappa shape index (κ1) is 15.6. The fraction of sp³-hybridized carbons (Fsp3) is 0.350. The Morgan fingerprint density at radius 1 is 1.13 bits per heavy atom. The summed E-state index contributed by atoms with van der Waals surface area (Å²) in [6.45, 7) is 3.94. The quantitative estimate of drug-likeness (QED) is 0.904. The number of anilines is 2. The van der Waals surface area contributed by atoms with Crippen molar-refractivity contribution in [1.82, 2.24) is 0 Å². The SMILES string of the molecule is CCc1ccc(NC(=O)CCN2CCCc3ccccc32)cc1. The van der Waals surface area contributed by atoms with Crippen molar-refractivity contribution in [3.05, 3.63) is 59.7 Å². The Hall–Kier alpha value is -2.29. The van der Waals surface area contributed by atoms with Gasteiger partial charge in [-0.25, -0.2) is 0 Å². The fourth-order valence-corrected chi connectivity index (χ4v) is 3.13. The molecule has 3 heteroatoms. The van der Waals surface area contributed by atoms with E-state index >= 15 is 0 Å². The Morgan fingerprint density at radius 2 is 1.91 bits per heavy atom. The molecule has 120 valence electrons. The van der Waals surface area contributed by atoms with E-state index in [9.17, 15) is 4.79 Å². The van der Waals surface area contributed by atoms with Crippen LogP contribution in [-0.2, 0) is 17.6 Å². The Bertz CT molecular complexity index is 664. The molecule has 0 fully saturated rings. The van der Waals surface area contributed by atoms with Crippen molar-refractivity contribution in [2.24, 2.45) is 0 Å². The van der Waals surface area contributed by atoms with Gasteiger partial charge in [-0.15, -0.1) is 0 Å². The summed E-state index contributed by atoms with van der Waals surface area (Å²) in [7, 11) is 0. The maximum Gasteiger partial charge on any atom is 0.226 e. The first-order valence-electron chi connectivity index (χ1n) is 8.48. The predicted octanol–water partition coefficient (Wildman–Crippen LogP) is 4.03. The highest BCUT2D eigenvalue weighted by Crippen LogP contribution is 2.26. The van der Waals surface area contributed by atoms with Crippen molar-refractivity contribution in [3.8, 4) is 0 Å². The summed E-state index contributed by atoms with van der Waals surface area (Å²) in [5.74, 6) is 0.0808. The molecular weight excluding hydrogens is 284 g/mol. The summed E-state index contributed by atoms with van der Waals surface area (Å²) in [5, 5.41) is 2.99. The molecule has 2 aromatic carbocycles. The fourth-order valence-electron chi connectivity index (χ4n) is 3.13. The van der Waals surface area contributed by atoms with Crippen molar-refractivity contribution in [2.45, 2.75) is 32.6 Å². The second-order valence-electron chi connectivity index (χ2n) is 6.07. The van der Waals surface area contributed by atoms with Crippen molar-refractivity contribution in [2.75, 3.05) is 23.3 Å². The van der Waals surface area contributed by atoms with Crippen molar-refractivity contribution in [1.29, 1.82) is 0 Å². The number of para-hydroxylation sites is 1. The van der Waals surface area contributed by atoms with Crippen LogP contribution in [0.5, 0.6) is 0 Å². The van der Waals surface area contributed by atoms with E-state index in [0.29, 0.717) is 6.42 Å². The number of hydrogen-bond donors (Lipinski definition) is 1. The zero-order valence-electron chi connectivity index (χ0n) is 13.7. The molecule has 1 N–H and O–H groups in total. The number of carbonyl (C=O) groups excluding carboxylic acids is 1. The lowest BCUT2D eigenvalue weighted by Crippen LogP contribution is -2.32. The number of amides is 1. The molecule has 0 radical (unpaired) electrons. The van der Waals surface area contributed by atoms with Crippen molar-refractivity contribution >= 4 is 17.3 Å². The van der Waals surface area contributed by atoms with E-state index in [4.69, 9.17) is 0 Å². The molecule has 1 heterocycles. The smallest absolute Gasteiger partial charge is 0.226 e. The normalized spacial score (nSPS) is 13.5. The van der Waals surface area contributed by atoms with Crippen LogP contribution in [0, 0.1) is 0 Å². The molecule has 0 aromatic heterocycles. The summed E-state index contributed by atoms with van der Waals surface area (Å²) in [5.41, 5.74) is 4.85. The summed E-state index contributed by atoms with van der Waals surface area (Å²) in [4.78, 5) is 14.5. The molecule has 3 nitrogen and oxygen atoms in total. The molecule has 0 aliphatic carbocycles. The second-order valence-corrected chi connectivity index (χ2v) is 6.07. The molecule has 1 aliphatic rings. The van der Waals surface area contributed by atoms with Crippen LogP contribution in [0.2, 0.25) is 0 Å². The van der Waals surface area contributed by atoms with Gasteiger partial charge in [0.1, 0.15) is 0 Å². The van der Waals surface area contributed by atoms with Gasteiger partial charge >= 0.3 is 0 Å². The van der Waals surface area contributed by atoms with Gasteiger partial charge in [0.2, 0.25) is 5.91 Å². The van der Waals surface area contributed by atoms with Gasteiger partial charge in [0.25, 0.3) is 0 Å². The molecule has 0 atom stereocenters. The molecule has 2 aromatic rings. The van der Waals surface area contributed by atoms with Crippen LogP contribution in [0.4, 0.5) is 11.4 Å². The third-order valence-corrected chi connectivity index (χ3v) is 4.46. The highest BCUT2D eigenvalue weighted by atomic mass is 16.1. The van der Waals surface area contributed by atoms with E-state index in [2.05, 4.69) is 53.5 Å². The van der Waals surface area contributed by atoms with Crippen molar-refractivity contribution in [3.63, 3.8) is 0 Å². The minimum atomic E-state index is 0.0808. The summed E-state index contributed by atoms with van der Waals surface area (Å²) in [6, 6.07) is 16.6. The van der Waals surface area contributed by atoms with Gasteiger partial charge in [-0.2, -0.15) is 0 Å². The molecule has 1 aliphatic heterocycles. The molecule has 0 spiro atoms. The molecule has 1 amide bonds. The van der Waals surface area contributed by atoms with Gasteiger partial charge < -0.3 is 10.2 Å². The highest BCUT2D eigenvalue weighted by Gasteiger charge is 2.16.